The highest BCUT2D eigenvalue weighted by Gasteiger charge is 2.16. The van der Waals surface area contributed by atoms with Crippen LogP contribution < -0.4 is 5.32 Å². The molecule has 0 aliphatic carbocycles. The fourth-order valence-electron chi connectivity index (χ4n) is 2.89. The van der Waals surface area contributed by atoms with Gasteiger partial charge in [-0.15, -0.1) is 0 Å². The Labute approximate surface area is 164 Å². The Bertz CT molecular complexity index is 903. The summed E-state index contributed by atoms with van der Waals surface area (Å²) in [7, 11) is 0. The Morgan fingerprint density at radius 3 is 2.74 bits per heavy atom. The molecule has 3 aromatic rings. The number of nitrogens with one attached hydrogen (secondary N) is 1. The molecular weight excluding hydrogens is 362 g/mol. The summed E-state index contributed by atoms with van der Waals surface area (Å²) in [4.78, 5) is 17.2. The van der Waals surface area contributed by atoms with Crippen molar-refractivity contribution in [2.24, 2.45) is 0 Å². The normalized spacial score (nSPS) is 11.3. The lowest BCUT2D eigenvalue weighted by Gasteiger charge is -2.09. The molecule has 0 spiro atoms. The van der Waals surface area contributed by atoms with E-state index in [4.69, 9.17) is 21.3 Å². The minimum Gasteiger partial charge on any atom is -0.379 e. The van der Waals surface area contributed by atoms with Gasteiger partial charge in [-0.05, 0) is 44.5 Å². The maximum absolute atomic E-state index is 12.5. The van der Waals surface area contributed by atoms with E-state index in [1.807, 2.05) is 66.9 Å². The molecule has 3 rings (SSSR count). The van der Waals surface area contributed by atoms with Crippen LogP contribution >= 0.6 is 11.6 Å². The maximum Gasteiger partial charge on any atom is 0.226 e. The van der Waals surface area contributed by atoms with Crippen LogP contribution in [-0.4, -0.2) is 34.5 Å². The first-order valence-electron chi connectivity index (χ1n) is 9.15. The predicted octanol–water partition coefficient (Wildman–Crippen LogP) is 4.13. The van der Waals surface area contributed by atoms with Gasteiger partial charge in [0.2, 0.25) is 5.91 Å². The van der Waals surface area contributed by atoms with Crippen LogP contribution in [0.1, 0.15) is 26.0 Å². The molecule has 0 saturated heterocycles. The van der Waals surface area contributed by atoms with Crippen molar-refractivity contribution < 1.29 is 9.53 Å². The molecular formula is C21H24ClN3O2. The summed E-state index contributed by atoms with van der Waals surface area (Å²) in [5.41, 5.74) is 3.42. The van der Waals surface area contributed by atoms with Gasteiger partial charge in [-0.1, -0.05) is 29.8 Å². The molecule has 5 nitrogen and oxygen atoms in total. The molecule has 0 radical (unpaired) electrons. The number of rotatable bonds is 8. The van der Waals surface area contributed by atoms with E-state index in [-0.39, 0.29) is 18.4 Å². The number of nitrogens with zero attached hydrogens (tertiary/aromatic N) is 2. The van der Waals surface area contributed by atoms with Gasteiger partial charge in [0.25, 0.3) is 0 Å². The Morgan fingerprint density at radius 1 is 1.22 bits per heavy atom. The van der Waals surface area contributed by atoms with E-state index in [1.165, 1.54) is 0 Å². The first-order chi connectivity index (χ1) is 13.0. The van der Waals surface area contributed by atoms with Crippen molar-refractivity contribution >= 4 is 23.2 Å². The number of carbonyl (C=O) groups is 1. The second-order valence-electron chi connectivity index (χ2n) is 6.64. The van der Waals surface area contributed by atoms with Gasteiger partial charge in [0.1, 0.15) is 5.65 Å². The number of pyridine rings is 1. The third-order valence-corrected chi connectivity index (χ3v) is 4.42. The van der Waals surface area contributed by atoms with E-state index in [0.29, 0.717) is 18.2 Å². The molecule has 0 atom stereocenters. The summed E-state index contributed by atoms with van der Waals surface area (Å²) >= 11 is 6.00. The number of fused-ring (bicyclic) bond motifs is 1. The lowest BCUT2D eigenvalue weighted by Crippen LogP contribution is -2.27. The number of aromatic nitrogens is 2. The van der Waals surface area contributed by atoms with E-state index in [9.17, 15) is 4.79 Å². The van der Waals surface area contributed by atoms with Crippen LogP contribution in [0.5, 0.6) is 0 Å². The van der Waals surface area contributed by atoms with Gasteiger partial charge in [-0.2, -0.15) is 0 Å². The molecule has 0 aliphatic rings. The van der Waals surface area contributed by atoms with E-state index in [0.717, 1.165) is 29.0 Å². The van der Waals surface area contributed by atoms with Crippen LogP contribution in [0.15, 0.2) is 48.7 Å². The molecule has 27 heavy (non-hydrogen) atoms. The number of hydrogen-bond donors (Lipinski definition) is 1. The second kappa shape index (κ2) is 9.02. The van der Waals surface area contributed by atoms with Crippen molar-refractivity contribution in [3.05, 3.63) is 59.4 Å². The zero-order valence-electron chi connectivity index (χ0n) is 15.6. The lowest BCUT2D eigenvalue weighted by atomic mass is 10.1. The topological polar surface area (TPSA) is 55.6 Å². The molecule has 1 aromatic carbocycles. The van der Waals surface area contributed by atoms with Crippen LogP contribution in [0.4, 0.5) is 0 Å². The first-order valence-corrected chi connectivity index (χ1v) is 9.52. The molecule has 142 valence electrons. The van der Waals surface area contributed by atoms with Crippen molar-refractivity contribution in [2.45, 2.75) is 32.8 Å². The second-order valence-corrected chi connectivity index (χ2v) is 7.08. The Morgan fingerprint density at radius 2 is 2.00 bits per heavy atom. The smallest absolute Gasteiger partial charge is 0.226 e. The van der Waals surface area contributed by atoms with Gasteiger partial charge in [-0.25, -0.2) is 4.98 Å². The highest BCUT2D eigenvalue weighted by atomic mass is 35.5. The summed E-state index contributed by atoms with van der Waals surface area (Å²) in [6.07, 6.45) is 3.19. The van der Waals surface area contributed by atoms with Crippen LogP contribution in [0.2, 0.25) is 5.02 Å². The van der Waals surface area contributed by atoms with E-state index >= 15 is 0 Å². The minimum atomic E-state index is -0.0274. The van der Waals surface area contributed by atoms with Crippen molar-refractivity contribution in [1.29, 1.82) is 0 Å². The van der Waals surface area contributed by atoms with E-state index in [1.54, 1.807) is 0 Å². The third kappa shape index (κ3) is 5.08. The molecule has 0 fully saturated rings. The molecule has 2 heterocycles. The van der Waals surface area contributed by atoms with Crippen LogP contribution in [0.3, 0.4) is 0 Å². The van der Waals surface area contributed by atoms with Gasteiger partial charge in [0.15, 0.2) is 0 Å². The molecule has 0 saturated carbocycles. The number of halogens is 1. The molecule has 2 aromatic heterocycles. The Hall–Kier alpha value is -2.37. The van der Waals surface area contributed by atoms with Crippen molar-refractivity contribution in [3.8, 4) is 11.3 Å². The van der Waals surface area contributed by atoms with Gasteiger partial charge in [0, 0.05) is 29.9 Å². The quantitative estimate of drug-likeness (QED) is 0.593. The average Bonchev–Trinajstić information content (AvgIpc) is 3.00. The summed E-state index contributed by atoms with van der Waals surface area (Å²) in [6.45, 7) is 5.24. The largest absolute Gasteiger partial charge is 0.379 e. The maximum atomic E-state index is 12.5. The van der Waals surface area contributed by atoms with Crippen LogP contribution in [-0.2, 0) is 16.0 Å². The zero-order valence-corrected chi connectivity index (χ0v) is 16.4. The molecule has 6 heteroatoms. The molecule has 0 bridgehead atoms. The summed E-state index contributed by atoms with van der Waals surface area (Å²) < 4.78 is 7.46. The number of carbonyl (C=O) groups excluding carboxylic acids is 1. The number of imidazole rings is 1. The number of ether oxygens (including phenoxy) is 1. The van der Waals surface area contributed by atoms with Crippen molar-refractivity contribution in [3.63, 3.8) is 0 Å². The Balaban J connectivity index is 1.75. The fraction of sp³-hybridized carbons (Fsp3) is 0.333. The minimum absolute atomic E-state index is 0.0274. The molecule has 0 aliphatic heterocycles. The molecule has 0 unspecified atom stereocenters. The average molecular weight is 386 g/mol. The van der Waals surface area contributed by atoms with Gasteiger partial charge < -0.3 is 14.5 Å². The number of hydrogen-bond acceptors (Lipinski definition) is 3. The van der Waals surface area contributed by atoms with E-state index in [2.05, 4.69) is 5.32 Å². The van der Waals surface area contributed by atoms with Gasteiger partial charge in [-0.3, -0.25) is 4.79 Å². The van der Waals surface area contributed by atoms with Crippen molar-refractivity contribution in [2.75, 3.05) is 13.2 Å². The summed E-state index contributed by atoms with van der Waals surface area (Å²) in [6, 6.07) is 13.3. The summed E-state index contributed by atoms with van der Waals surface area (Å²) in [5.74, 6) is -0.0274. The van der Waals surface area contributed by atoms with Crippen LogP contribution in [0.25, 0.3) is 16.9 Å². The highest BCUT2D eigenvalue weighted by molar-refractivity contribution is 6.30. The number of amides is 1. The predicted molar refractivity (Wildman–Crippen MR) is 108 cm³/mol. The van der Waals surface area contributed by atoms with Gasteiger partial charge >= 0.3 is 0 Å². The van der Waals surface area contributed by atoms with Gasteiger partial charge in [0.05, 0.1) is 23.9 Å². The number of benzene rings is 1. The Kier molecular flexibility index (Phi) is 6.48. The lowest BCUT2D eigenvalue weighted by molar-refractivity contribution is -0.120. The monoisotopic (exact) mass is 385 g/mol. The molecule has 1 amide bonds. The van der Waals surface area contributed by atoms with E-state index < -0.39 is 0 Å². The molecule has 1 N–H and O–H groups in total. The SMILES string of the molecule is CC(C)OCCCNC(=O)Cc1c(-c2ccc(Cl)cc2)nc2ccccn12. The summed E-state index contributed by atoms with van der Waals surface area (Å²) in [5, 5.41) is 3.64. The highest BCUT2D eigenvalue weighted by Crippen LogP contribution is 2.26. The van der Waals surface area contributed by atoms with Crippen molar-refractivity contribution in [1.82, 2.24) is 14.7 Å². The first kappa shape index (κ1) is 19.4. The van der Waals surface area contributed by atoms with Crippen LogP contribution in [0, 0.1) is 0 Å². The fourth-order valence-corrected chi connectivity index (χ4v) is 3.01. The standard InChI is InChI=1S/C21H24ClN3O2/c1-15(2)27-13-5-11-23-20(26)14-18-21(16-7-9-17(22)10-8-16)24-19-6-3-4-12-25(18)19/h3-4,6-10,12,15H,5,11,13-14H2,1-2H3,(H,23,26). The zero-order chi connectivity index (χ0) is 19.2. The third-order valence-electron chi connectivity index (χ3n) is 4.17.